The number of carbonyl (C=O) groups is 1. The molecule has 0 aromatic heterocycles. The van der Waals surface area contributed by atoms with Crippen LogP contribution in [0.2, 0.25) is 0 Å². The quantitative estimate of drug-likeness (QED) is 0.526. The first-order valence-electron chi connectivity index (χ1n) is 6.81. The Kier molecular flexibility index (Phi) is 5.92. The molecular formula is C13H25NO3. The summed E-state index contributed by atoms with van der Waals surface area (Å²) in [5, 5.41) is 11.2. The highest BCUT2D eigenvalue weighted by atomic mass is 16.7. The second-order valence-corrected chi connectivity index (χ2v) is 4.77. The van der Waals surface area contributed by atoms with Crippen molar-refractivity contribution in [1.82, 2.24) is 5.06 Å². The number of carboxylic acid groups (broad SMARTS) is 1. The summed E-state index contributed by atoms with van der Waals surface area (Å²) < 4.78 is 0. The molecular weight excluding hydrogens is 218 g/mol. The zero-order chi connectivity index (χ0) is 12.7. The van der Waals surface area contributed by atoms with Gasteiger partial charge in [0.05, 0.1) is 6.61 Å². The van der Waals surface area contributed by atoms with Crippen LogP contribution in [0.15, 0.2) is 0 Å². The van der Waals surface area contributed by atoms with Crippen LogP contribution < -0.4 is 0 Å². The molecule has 17 heavy (non-hydrogen) atoms. The van der Waals surface area contributed by atoms with E-state index >= 15 is 0 Å². The standard InChI is InChI=1S/C13H25NO3/c1-3-5-8-11-14(17-4-2)13(12(15)16)9-6-7-10-13/h3-11H2,1-2H3,(H,15,16). The molecule has 1 aliphatic carbocycles. The number of hydrogen-bond donors (Lipinski definition) is 1. The fraction of sp³-hybridized carbons (Fsp3) is 0.923. The van der Waals surface area contributed by atoms with E-state index in [1.54, 1.807) is 5.06 Å². The van der Waals surface area contributed by atoms with E-state index in [0.717, 1.165) is 38.6 Å². The van der Waals surface area contributed by atoms with Crippen molar-refractivity contribution >= 4 is 5.97 Å². The molecule has 0 aliphatic heterocycles. The minimum Gasteiger partial charge on any atom is -0.480 e. The van der Waals surface area contributed by atoms with Gasteiger partial charge < -0.3 is 5.11 Å². The normalized spacial score (nSPS) is 18.8. The van der Waals surface area contributed by atoms with Gasteiger partial charge in [0.15, 0.2) is 0 Å². The molecule has 1 N–H and O–H groups in total. The Hall–Kier alpha value is -0.610. The minimum atomic E-state index is -0.760. The molecule has 4 nitrogen and oxygen atoms in total. The van der Waals surface area contributed by atoms with Crippen LogP contribution in [0.1, 0.15) is 58.8 Å². The van der Waals surface area contributed by atoms with E-state index in [-0.39, 0.29) is 0 Å². The number of rotatable bonds is 8. The topological polar surface area (TPSA) is 49.8 Å². The minimum absolute atomic E-state index is 0.543. The fourth-order valence-electron chi connectivity index (χ4n) is 2.59. The van der Waals surface area contributed by atoms with Crippen LogP contribution in [0, 0.1) is 0 Å². The van der Waals surface area contributed by atoms with Gasteiger partial charge in [-0.2, -0.15) is 5.06 Å². The third kappa shape index (κ3) is 3.42. The first-order chi connectivity index (χ1) is 8.17. The molecule has 100 valence electrons. The summed E-state index contributed by atoms with van der Waals surface area (Å²) in [4.78, 5) is 17.1. The summed E-state index contributed by atoms with van der Waals surface area (Å²) in [5.41, 5.74) is -0.760. The lowest BCUT2D eigenvalue weighted by molar-refractivity contribution is -0.227. The highest BCUT2D eigenvalue weighted by Gasteiger charge is 2.47. The monoisotopic (exact) mass is 243 g/mol. The maximum Gasteiger partial charge on any atom is 0.326 e. The van der Waals surface area contributed by atoms with Gasteiger partial charge in [-0.3, -0.25) is 9.63 Å². The molecule has 0 aromatic rings. The van der Waals surface area contributed by atoms with Gasteiger partial charge in [-0.25, -0.2) is 0 Å². The lowest BCUT2D eigenvalue weighted by Crippen LogP contribution is -2.53. The Morgan fingerprint density at radius 3 is 2.41 bits per heavy atom. The molecule has 0 bridgehead atoms. The van der Waals surface area contributed by atoms with Gasteiger partial charge in [0, 0.05) is 6.54 Å². The molecule has 0 saturated heterocycles. The van der Waals surface area contributed by atoms with Gasteiger partial charge in [0.2, 0.25) is 0 Å². The van der Waals surface area contributed by atoms with Crippen molar-refractivity contribution in [2.75, 3.05) is 13.2 Å². The first kappa shape index (κ1) is 14.5. The smallest absolute Gasteiger partial charge is 0.326 e. The zero-order valence-corrected chi connectivity index (χ0v) is 11.1. The predicted octanol–water partition coefficient (Wildman–Crippen LogP) is 2.83. The molecule has 0 radical (unpaired) electrons. The van der Waals surface area contributed by atoms with Crippen molar-refractivity contribution in [1.29, 1.82) is 0 Å². The van der Waals surface area contributed by atoms with Crippen molar-refractivity contribution in [3.8, 4) is 0 Å². The van der Waals surface area contributed by atoms with E-state index in [2.05, 4.69) is 6.92 Å². The summed E-state index contributed by atoms with van der Waals surface area (Å²) in [6.45, 7) is 5.33. The van der Waals surface area contributed by atoms with E-state index in [1.165, 1.54) is 0 Å². The van der Waals surface area contributed by atoms with E-state index in [1.807, 2.05) is 6.92 Å². The van der Waals surface area contributed by atoms with Gasteiger partial charge in [0.25, 0.3) is 0 Å². The number of carboxylic acids is 1. The third-order valence-corrected chi connectivity index (χ3v) is 3.56. The number of hydrogen-bond acceptors (Lipinski definition) is 3. The Balaban J connectivity index is 2.67. The zero-order valence-electron chi connectivity index (χ0n) is 11.1. The van der Waals surface area contributed by atoms with Crippen molar-refractivity contribution < 1.29 is 14.7 Å². The van der Waals surface area contributed by atoms with E-state index < -0.39 is 11.5 Å². The molecule has 0 unspecified atom stereocenters. The molecule has 1 aliphatic rings. The van der Waals surface area contributed by atoms with Gasteiger partial charge in [-0.05, 0) is 26.2 Å². The van der Waals surface area contributed by atoms with Gasteiger partial charge in [-0.15, -0.1) is 0 Å². The highest BCUT2D eigenvalue weighted by molar-refractivity contribution is 5.79. The van der Waals surface area contributed by atoms with Gasteiger partial charge in [0.1, 0.15) is 5.54 Å². The van der Waals surface area contributed by atoms with Crippen molar-refractivity contribution in [2.45, 2.75) is 64.3 Å². The van der Waals surface area contributed by atoms with Crippen LogP contribution in [0.3, 0.4) is 0 Å². The average Bonchev–Trinajstić information content (AvgIpc) is 2.78. The molecule has 1 fully saturated rings. The lowest BCUT2D eigenvalue weighted by atomic mass is 9.97. The Bertz CT molecular complexity index is 237. The molecule has 1 saturated carbocycles. The third-order valence-electron chi connectivity index (χ3n) is 3.56. The molecule has 0 amide bonds. The van der Waals surface area contributed by atoms with Crippen molar-refractivity contribution in [3.63, 3.8) is 0 Å². The molecule has 0 heterocycles. The van der Waals surface area contributed by atoms with E-state index in [4.69, 9.17) is 4.84 Å². The number of aliphatic carboxylic acids is 1. The van der Waals surface area contributed by atoms with E-state index in [0.29, 0.717) is 19.4 Å². The highest BCUT2D eigenvalue weighted by Crippen LogP contribution is 2.36. The second-order valence-electron chi connectivity index (χ2n) is 4.77. The fourth-order valence-corrected chi connectivity index (χ4v) is 2.59. The van der Waals surface area contributed by atoms with Crippen molar-refractivity contribution in [2.24, 2.45) is 0 Å². The number of hydroxylamine groups is 2. The summed E-state index contributed by atoms with van der Waals surface area (Å²) in [6, 6.07) is 0. The van der Waals surface area contributed by atoms with Crippen molar-refractivity contribution in [3.05, 3.63) is 0 Å². The van der Waals surface area contributed by atoms with Crippen LogP contribution in [0.5, 0.6) is 0 Å². The Labute approximate surface area is 104 Å². The summed E-state index contributed by atoms with van der Waals surface area (Å²) >= 11 is 0. The number of unbranched alkanes of at least 4 members (excludes halogenated alkanes) is 2. The van der Waals surface area contributed by atoms with Crippen LogP contribution in [0.4, 0.5) is 0 Å². The Morgan fingerprint density at radius 1 is 1.29 bits per heavy atom. The van der Waals surface area contributed by atoms with Crippen LogP contribution in [-0.4, -0.2) is 34.8 Å². The van der Waals surface area contributed by atoms with Crippen LogP contribution in [0.25, 0.3) is 0 Å². The average molecular weight is 243 g/mol. The maximum atomic E-state index is 11.6. The maximum absolute atomic E-state index is 11.6. The molecule has 1 rings (SSSR count). The second kappa shape index (κ2) is 6.97. The largest absolute Gasteiger partial charge is 0.480 e. The van der Waals surface area contributed by atoms with Gasteiger partial charge >= 0.3 is 5.97 Å². The molecule has 0 aromatic carbocycles. The molecule has 0 spiro atoms. The first-order valence-corrected chi connectivity index (χ1v) is 6.81. The predicted molar refractivity (Wildman–Crippen MR) is 66.7 cm³/mol. The Morgan fingerprint density at radius 2 is 1.94 bits per heavy atom. The van der Waals surface area contributed by atoms with E-state index in [9.17, 15) is 9.90 Å². The number of nitrogens with zero attached hydrogens (tertiary/aromatic N) is 1. The molecule has 4 heteroatoms. The SMILES string of the molecule is CCCCCN(OCC)C1(C(=O)O)CCCC1. The van der Waals surface area contributed by atoms with Crippen LogP contribution >= 0.6 is 0 Å². The lowest BCUT2D eigenvalue weighted by Gasteiger charge is -2.36. The molecule has 0 atom stereocenters. The summed E-state index contributed by atoms with van der Waals surface area (Å²) in [7, 11) is 0. The van der Waals surface area contributed by atoms with Gasteiger partial charge in [-0.1, -0.05) is 32.6 Å². The van der Waals surface area contributed by atoms with Crippen LogP contribution in [-0.2, 0) is 9.63 Å². The summed E-state index contributed by atoms with van der Waals surface area (Å²) in [6.07, 6.45) is 6.68. The summed E-state index contributed by atoms with van der Waals surface area (Å²) in [5.74, 6) is -0.722.